The molecule has 0 unspecified atom stereocenters. The minimum atomic E-state index is -0.491. The number of hydrogen-bond donors (Lipinski definition) is 0. The van der Waals surface area contributed by atoms with Gasteiger partial charge in [-0.05, 0) is 12.1 Å². The Morgan fingerprint density at radius 3 is 2.42 bits per heavy atom. The molecule has 0 N–H and O–H groups in total. The normalized spacial score (nSPS) is 15.8. The maximum atomic E-state index is 13.7. The molecule has 0 saturated carbocycles. The summed E-state index contributed by atoms with van der Waals surface area (Å²) in [5.74, 6) is 1.26. The Balaban J connectivity index is 2.06. The number of halogens is 2. The highest BCUT2D eigenvalue weighted by atomic mass is 32.2. The molecular formula is C13H12F2NS3+. The lowest BCUT2D eigenvalue weighted by Crippen LogP contribution is -2.34. The molecule has 1 fully saturated rings. The molecule has 1 aromatic heterocycles. The van der Waals surface area contributed by atoms with E-state index in [2.05, 4.69) is 4.58 Å². The summed E-state index contributed by atoms with van der Waals surface area (Å²) in [6, 6.07) is 4.01. The van der Waals surface area contributed by atoms with Crippen molar-refractivity contribution in [3.8, 4) is 10.4 Å². The Morgan fingerprint density at radius 1 is 1.05 bits per heavy atom. The van der Waals surface area contributed by atoms with Crippen LogP contribution in [0.1, 0.15) is 0 Å². The van der Waals surface area contributed by atoms with E-state index in [9.17, 15) is 8.78 Å². The van der Waals surface area contributed by atoms with Crippen molar-refractivity contribution in [3.63, 3.8) is 0 Å². The largest absolute Gasteiger partial charge is 0.314 e. The average Bonchev–Trinajstić information content (AvgIpc) is 2.89. The van der Waals surface area contributed by atoms with Crippen LogP contribution < -0.4 is 8.56 Å². The highest BCUT2D eigenvalue weighted by molar-refractivity contribution is 7.99. The van der Waals surface area contributed by atoms with Crippen molar-refractivity contribution >= 4 is 34.4 Å². The van der Waals surface area contributed by atoms with Crippen LogP contribution in [0.3, 0.4) is 0 Å². The summed E-state index contributed by atoms with van der Waals surface area (Å²) < 4.78 is 30.9. The summed E-state index contributed by atoms with van der Waals surface area (Å²) in [5, 5.41) is 1.85. The first-order chi connectivity index (χ1) is 9.25. The molecule has 0 spiro atoms. The molecule has 0 radical (unpaired) electrons. The Bertz CT molecular complexity index is 632. The van der Waals surface area contributed by atoms with Crippen LogP contribution in [0.25, 0.3) is 10.4 Å². The van der Waals surface area contributed by atoms with Gasteiger partial charge in [0.2, 0.25) is 0 Å². The van der Waals surface area contributed by atoms with Crippen LogP contribution in [-0.2, 0) is 0 Å². The van der Waals surface area contributed by atoms with Crippen LogP contribution >= 0.6 is 34.4 Å². The molecule has 1 aliphatic rings. The summed E-state index contributed by atoms with van der Waals surface area (Å²) in [7, 11) is 0. The molecular weight excluding hydrogens is 304 g/mol. The van der Waals surface area contributed by atoms with Gasteiger partial charge < -0.3 is 0 Å². The third-order valence-corrected chi connectivity index (χ3v) is 6.36. The fourth-order valence-corrected chi connectivity index (χ4v) is 5.27. The van der Waals surface area contributed by atoms with Crippen LogP contribution in [0.2, 0.25) is 0 Å². The lowest BCUT2D eigenvalue weighted by atomic mass is 10.2. The van der Waals surface area contributed by atoms with Crippen molar-refractivity contribution in [2.24, 2.45) is 0 Å². The van der Waals surface area contributed by atoms with Gasteiger partial charge in [0.1, 0.15) is 11.6 Å². The molecule has 19 heavy (non-hydrogen) atoms. The summed E-state index contributed by atoms with van der Waals surface area (Å²) in [6.45, 7) is 2.03. The lowest BCUT2D eigenvalue weighted by Gasteiger charge is -2.07. The summed E-state index contributed by atoms with van der Waals surface area (Å²) in [5.41, 5.74) is 0.0985. The molecule has 1 nitrogen and oxygen atoms in total. The molecule has 1 aromatic carbocycles. The zero-order chi connectivity index (χ0) is 13.2. The van der Waals surface area contributed by atoms with E-state index in [1.54, 1.807) is 11.3 Å². The van der Waals surface area contributed by atoms with E-state index in [4.69, 9.17) is 0 Å². The predicted octanol–water partition coefficient (Wildman–Crippen LogP) is 3.27. The average molecular weight is 316 g/mol. The molecule has 0 aliphatic carbocycles. The van der Waals surface area contributed by atoms with E-state index in [1.807, 2.05) is 17.1 Å². The maximum absolute atomic E-state index is 13.7. The van der Waals surface area contributed by atoms with Crippen LogP contribution in [0.4, 0.5) is 8.78 Å². The number of benzene rings is 1. The standard InChI is InChI=1S/C13H12F2NS3/c14-9-2-1-3-10(15)12(9)11-8-18-13(19-11)16-4-6-17-7-5-16/h1-3,8H,4-7H2/q+1. The fourth-order valence-electron chi connectivity index (χ4n) is 1.97. The van der Waals surface area contributed by atoms with E-state index in [0.29, 0.717) is 4.88 Å². The van der Waals surface area contributed by atoms with Gasteiger partial charge in [-0.3, -0.25) is 0 Å². The molecule has 1 aliphatic heterocycles. The molecule has 6 heteroatoms. The highest BCUT2D eigenvalue weighted by Crippen LogP contribution is 2.29. The SMILES string of the molecule is Fc1cccc(F)c1-c1csc(=[N+]2CCSCC2)s1. The third-order valence-electron chi connectivity index (χ3n) is 2.94. The van der Waals surface area contributed by atoms with E-state index in [0.717, 1.165) is 28.6 Å². The van der Waals surface area contributed by atoms with Crippen molar-refractivity contribution < 1.29 is 8.78 Å². The maximum Gasteiger partial charge on any atom is 0.314 e. The van der Waals surface area contributed by atoms with Crippen LogP contribution in [-0.4, -0.2) is 24.6 Å². The lowest BCUT2D eigenvalue weighted by molar-refractivity contribution is 0.590. The van der Waals surface area contributed by atoms with Gasteiger partial charge in [0.25, 0.3) is 0 Å². The monoisotopic (exact) mass is 316 g/mol. The fraction of sp³-hybridized carbons (Fsp3) is 0.308. The zero-order valence-electron chi connectivity index (χ0n) is 10.1. The van der Waals surface area contributed by atoms with Crippen molar-refractivity contribution in [1.29, 1.82) is 0 Å². The first-order valence-electron chi connectivity index (χ1n) is 5.94. The first kappa shape index (κ1) is 13.3. The van der Waals surface area contributed by atoms with Crippen molar-refractivity contribution in [3.05, 3.63) is 39.2 Å². The molecule has 100 valence electrons. The van der Waals surface area contributed by atoms with Gasteiger partial charge in [-0.2, -0.15) is 0 Å². The van der Waals surface area contributed by atoms with E-state index in [1.165, 1.54) is 29.5 Å². The Hall–Kier alpha value is -0.720. The number of rotatable bonds is 1. The summed E-state index contributed by atoms with van der Waals surface area (Å²) >= 11 is 5.00. The van der Waals surface area contributed by atoms with Gasteiger partial charge in [-0.15, -0.1) is 11.8 Å². The topological polar surface area (TPSA) is 3.01 Å². The number of thioether (sulfide) groups is 1. The summed E-state index contributed by atoms with van der Waals surface area (Å²) in [4.78, 5) is 0.675. The predicted molar refractivity (Wildman–Crippen MR) is 79.9 cm³/mol. The van der Waals surface area contributed by atoms with Gasteiger partial charge in [0.05, 0.1) is 21.9 Å². The quantitative estimate of drug-likeness (QED) is 0.730. The van der Waals surface area contributed by atoms with Gasteiger partial charge in [-0.1, -0.05) is 28.7 Å². The molecule has 2 heterocycles. The van der Waals surface area contributed by atoms with Crippen molar-refractivity contribution in [1.82, 2.24) is 4.58 Å². The number of hydrogen-bond acceptors (Lipinski definition) is 3. The Kier molecular flexibility index (Phi) is 4.00. The smallest absolute Gasteiger partial charge is 0.210 e. The van der Waals surface area contributed by atoms with Gasteiger partial charge in [-0.25, -0.2) is 13.4 Å². The molecule has 0 bridgehead atoms. The second kappa shape index (κ2) is 5.73. The second-order valence-electron chi connectivity index (χ2n) is 4.16. The zero-order valence-corrected chi connectivity index (χ0v) is 12.5. The van der Waals surface area contributed by atoms with Gasteiger partial charge >= 0.3 is 3.98 Å². The molecule has 3 rings (SSSR count). The highest BCUT2D eigenvalue weighted by Gasteiger charge is 2.17. The molecule has 0 amide bonds. The van der Waals surface area contributed by atoms with Crippen molar-refractivity contribution in [2.45, 2.75) is 0 Å². The summed E-state index contributed by atoms with van der Waals surface area (Å²) in [6.07, 6.45) is 0. The van der Waals surface area contributed by atoms with Crippen molar-refractivity contribution in [2.75, 3.05) is 24.6 Å². The van der Waals surface area contributed by atoms with Crippen LogP contribution in [0.5, 0.6) is 0 Å². The third kappa shape index (κ3) is 2.75. The minimum absolute atomic E-state index is 0.0985. The first-order valence-corrected chi connectivity index (χ1v) is 8.79. The van der Waals surface area contributed by atoms with E-state index < -0.39 is 11.6 Å². The molecule has 1 saturated heterocycles. The number of nitrogens with zero attached hydrogens (tertiary/aromatic N) is 1. The molecule has 0 atom stereocenters. The Morgan fingerprint density at radius 2 is 1.74 bits per heavy atom. The second-order valence-corrected chi connectivity index (χ2v) is 7.54. The van der Waals surface area contributed by atoms with E-state index >= 15 is 0 Å². The Labute approximate surface area is 122 Å². The minimum Gasteiger partial charge on any atom is -0.210 e. The van der Waals surface area contributed by atoms with E-state index in [-0.39, 0.29) is 5.56 Å². The van der Waals surface area contributed by atoms with Crippen LogP contribution in [0, 0.1) is 11.6 Å². The van der Waals surface area contributed by atoms with Gasteiger partial charge in [0.15, 0.2) is 13.1 Å². The van der Waals surface area contributed by atoms with Gasteiger partial charge in [0, 0.05) is 5.38 Å². The molecule has 2 aromatic rings. The van der Waals surface area contributed by atoms with Crippen LogP contribution in [0.15, 0.2) is 23.6 Å².